The summed E-state index contributed by atoms with van der Waals surface area (Å²) in [4.78, 5) is 26.6. The second-order valence-electron chi connectivity index (χ2n) is 4.96. The number of carbonyl (C=O) groups excluding carboxylic acids is 1. The van der Waals surface area contributed by atoms with Gasteiger partial charge >= 0.3 is 0 Å². The van der Waals surface area contributed by atoms with E-state index in [2.05, 4.69) is 20.5 Å². The number of hydrogen-bond acceptors (Lipinski definition) is 5. The van der Waals surface area contributed by atoms with Crippen molar-refractivity contribution in [1.29, 1.82) is 0 Å². The van der Waals surface area contributed by atoms with Crippen molar-refractivity contribution in [2.45, 2.75) is 37.6 Å². The van der Waals surface area contributed by atoms with E-state index in [1.165, 1.54) is 11.8 Å². The molecule has 0 bridgehead atoms. The zero-order chi connectivity index (χ0) is 17.0. The number of aryl methyl sites for hydroxylation is 1. The van der Waals surface area contributed by atoms with Gasteiger partial charge in [0.2, 0.25) is 5.91 Å². The van der Waals surface area contributed by atoms with E-state index in [-0.39, 0.29) is 11.5 Å². The molecular weight excluding hydrogens is 336 g/mol. The minimum Gasteiger partial charge on any atom is -0.325 e. The van der Waals surface area contributed by atoms with Crippen LogP contribution < -0.4 is 10.9 Å². The third-order valence-corrected chi connectivity index (χ3v) is 4.93. The summed E-state index contributed by atoms with van der Waals surface area (Å²) in [5.74, 6) is -0.175. The lowest BCUT2D eigenvalue weighted by molar-refractivity contribution is -0.115. The van der Waals surface area contributed by atoms with E-state index in [9.17, 15) is 9.59 Å². The molecule has 0 saturated carbocycles. The highest BCUT2D eigenvalue weighted by molar-refractivity contribution is 8.00. The van der Waals surface area contributed by atoms with Gasteiger partial charge in [-0.3, -0.25) is 14.6 Å². The number of carbonyl (C=O) groups is 1. The highest BCUT2D eigenvalue weighted by Crippen LogP contribution is 2.26. The minimum atomic E-state index is -0.402. The maximum absolute atomic E-state index is 12.4. The van der Waals surface area contributed by atoms with E-state index in [4.69, 9.17) is 11.6 Å². The first-order valence-electron chi connectivity index (χ1n) is 7.08. The Balaban J connectivity index is 2.13. The summed E-state index contributed by atoms with van der Waals surface area (Å²) in [7, 11) is 0. The summed E-state index contributed by atoms with van der Waals surface area (Å²) in [6.07, 6.45) is 0.577. The highest BCUT2D eigenvalue weighted by Gasteiger charge is 2.20. The number of amides is 1. The zero-order valence-corrected chi connectivity index (χ0v) is 14.6. The molecule has 0 fully saturated rings. The number of benzene rings is 1. The Morgan fingerprint density at radius 2 is 2.13 bits per heavy atom. The Morgan fingerprint density at radius 1 is 1.39 bits per heavy atom. The normalized spacial score (nSPS) is 12.0. The number of rotatable bonds is 5. The fourth-order valence-corrected chi connectivity index (χ4v) is 2.86. The monoisotopic (exact) mass is 352 g/mol. The van der Waals surface area contributed by atoms with Gasteiger partial charge in [0, 0.05) is 10.7 Å². The third-order valence-electron chi connectivity index (χ3n) is 3.28. The van der Waals surface area contributed by atoms with Crippen molar-refractivity contribution in [2.24, 2.45) is 0 Å². The van der Waals surface area contributed by atoms with E-state index in [0.29, 0.717) is 28.0 Å². The molecule has 2 rings (SSSR count). The van der Waals surface area contributed by atoms with Crippen molar-refractivity contribution in [1.82, 2.24) is 15.2 Å². The Bertz CT molecular complexity index is 778. The fraction of sp³-hybridized carbons (Fsp3) is 0.333. The summed E-state index contributed by atoms with van der Waals surface area (Å²) in [6, 6.07) is 5.34. The SMILES string of the molecule is CCC(Sc1nnc(C)c(=O)[nH]1)C(=O)Nc1cccc(Cl)c1C. The van der Waals surface area contributed by atoms with Gasteiger partial charge in [-0.05, 0) is 38.0 Å². The minimum absolute atomic E-state index is 0.175. The Hall–Kier alpha value is -1.86. The summed E-state index contributed by atoms with van der Waals surface area (Å²) >= 11 is 7.23. The van der Waals surface area contributed by atoms with Crippen LogP contribution in [0, 0.1) is 13.8 Å². The summed E-state index contributed by atoms with van der Waals surface area (Å²) in [6.45, 7) is 5.31. The number of aromatic nitrogens is 3. The van der Waals surface area contributed by atoms with Gasteiger partial charge < -0.3 is 5.32 Å². The number of aromatic amines is 1. The number of nitrogens with one attached hydrogen (secondary N) is 2. The largest absolute Gasteiger partial charge is 0.325 e. The van der Waals surface area contributed by atoms with Crippen LogP contribution in [0.4, 0.5) is 5.69 Å². The molecule has 122 valence electrons. The standard InChI is InChI=1S/C15H17ClN4O2S/c1-4-12(23-15-18-13(21)9(3)19-20-15)14(22)17-11-7-5-6-10(16)8(11)2/h5-7,12H,4H2,1-3H3,(H,17,22)(H,18,20,21). The topological polar surface area (TPSA) is 87.7 Å². The van der Waals surface area contributed by atoms with Crippen LogP contribution in [-0.4, -0.2) is 26.3 Å². The van der Waals surface area contributed by atoms with Gasteiger partial charge in [-0.1, -0.05) is 36.4 Å². The molecule has 1 heterocycles. The van der Waals surface area contributed by atoms with E-state index in [0.717, 1.165) is 5.56 Å². The summed E-state index contributed by atoms with van der Waals surface area (Å²) < 4.78 is 0. The molecule has 1 atom stereocenters. The Kier molecular flexibility index (Phi) is 5.79. The average molecular weight is 353 g/mol. The predicted molar refractivity (Wildman–Crippen MR) is 92.1 cm³/mol. The molecule has 8 heteroatoms. The van der Waals surface area contributed by atoms with Gasteiger partial charge in [0.15, 0.2) is 5.16 Å². The smallest absolute Gasteiger partial charge is 0.273 e. The molecule has 1 amide bonds. The molecule has 0 saturated heterocycles. The van der Waals surface area contributed by atoms with Crippen molar-refractivity contribution in [3.63, 3.8) is 0 Å². The maximum Gasteiger partial charge on any atom is 0.273 e. The molecular formula is C15H17ClN4O2S. The molecule has 2 N–H and O–H groups in total. The van der Waals surface area contributed by atoms with Gasteiger partial charge in [0.1, 0.15) is 5.69 Å². The number of halogens is 1. The molecule has 1 unspecified atom stereocenters. The molecule has 0 aliphatic rings. The number of hydrogen-bond donors (Lipinski definition) is 2. The zero-order valence-electron chi connectivity index (χ0n) is 13.0. The van der Waals surface area contributed by atoms with Gasteiger partial charge in [-0.25, -0.2) is 0 Å². The van der Waals surface area contributed by atoms with E-state index >= 15 is 0 Å². The number of thioether (sulfide) groups is 1. The van der Waals surface area contributed by atoms with Gasteiger partial charge in [-0.15, -0.1) is 10.2 Å². The Labute approximate surface area is 143 Å². The van der Waals surface area contributed by atoms with Crippen LogP contribution in [0.25, 0.3) is 0 Å². The van der Waals surface area contributed by atoms with Crippen LogP contribution in [0.5, 0.6) is 0 Å². The first kappa shape index (κ1) is 17.5. The van der Waals surface area contributed by atoms with E-state index in [1.54, 1.807) is 25.1 Å². The van der Waals surface area contributed by atoms with Gasteiger partial charge in [0.05, 0.1) is 5.25 Å². The van der Waals surface area contributed by atoms with Crippen LogP contribution in [0.2, 0.25) is 5.02 Å². The Morgan fingerprint density at radius 3 is 2.78 bits per heavy atom. The summed E-state index contributed by atoms with van der Waals surface area (Å²) in [5, 5.41) is 11.1. The van der Waals surface area contributed by atoms with Crippen molar-refractivity contribution in [3.8, 4) is 0 Å². The molecule has 23 heavy (non-hydrogen) atoms. The lowest BCUT2D eigenvalue weighted by Gasteiger charge is -2.15. The second-order valence-corrected chi connectivity index (χ2v) is 6.56. The van der Waals surface area contributed by atoms with Crippen LogP contribution in [0.3, 0.4) is 0 Å². The summed E-state index contributed by atoms with van der Waals surface area (Å²) in [5.41, 5.74) is 1.47. The van der Waals surface area contributed by atoms with Crippen molar-refractivity contribution in [2.75, 3.05) is 5.32 Å². The molecule has 0 spiro atoms. The lowest BCUT2D eigenvalue weighted by Crippen LogP contribution is -2.26. The maximum atomic E-state index is 12.4. The molecule has 0 radical (unpaired) electrons. The first-order valence-corrected chi connectivity index (χ1v) is 8.34. The lowest BCUT2D eigenvalue weighted by atomic mass is 10.2. The quantitative estimate of drug-likeness (QED) is 0.808. The molecule has 6 nitrogen and oxygen atoms in total. The average Bonchev–Trinajstić information content (AvgIpc) is 2.52. The highest BCUT2D eigenvalue weighted by atomic mass is 35.5. The van der Waals surface area contributed by atoms with Gasteiger partial charge in [0.25, 0.3) is 5.56 Å². The molecule has 0 aliphatic carbocycles. The second kappa shape index (κ2) is 7.61. The predicted octanol–water partition coefficient (Wildman–Crippen LogP) is 2.94. The van der Waals surface area contributed by atoms with Crippen molar-refractivity contribution < 1.29 is 4.79 Å². The van der Waals surface area contributed by atoms with Crippen LogP contribution >= 0.6 is 23.4 Å². The molecule has 2 aromatic rings. The molecule has 0 aliphatic heterocycles. The van der Waals surface area contributed by atoms with E-state index < -0.39 is 5.25 Å². The third kappa shape index (κ3) is 4.33. The number of anilines is 1. The van der Waals surface area contributed by atoms with Crippen LogP contribution in [-0.2, 0) is 4.79 Å². The van der Waals surface area contributed by atoms with Crippen LogP contribution in [0.15, 0.2) is 28.2 Å². The van der Waals surface area contributed by atoms with Gasteiger partial charge in [-0.2, -0.15) is 0 Å². The number of nitrogens with zero attached hydrogens (tertiary/aromatic N) is 2. The fourth-order valence-electron chi connectivity index (χ4n) is 1.84. The van der Waals surface area contributed by atoms with Crippen LogP contribution in [0.1, 0.15) is 24.6 Å². The van der Waals surface area contributed by atoms with Crippen molar-refractivity contribution in [3.05, 3.63) is 44.8 Å². The molecule has 1 aromatic carbocycles. The molecule has 1 aromatic heterocycles. The first-order chi connectivity index (χ1) is 10.9. The number of H-pyrrole nitrogens is 1. The van der Waals surface area contributed by atoms with E-state index in [1.807, 2.05) is 13.8 Å². The van der Waals surface area contributed by atoms with Crippen molar-refractivity contribution >= 4 is 35.0 Å².